The third-order valence-electron chi connectivity index (χ3n) is 2.70. The lowest BCUT2D eigenvalue weighted by atomic mass is 10.2. The van der Waals surface area contributed by atoms with Gasteiger partial charge in [0, 0.05) is 31.8 Å². The SMILES string of the molecule is CN(C)c1ccc(-c2noc(CCCN)n2)cc1.Cl.Cl. The number of rotatable bonds is 5. The number of anilines is 1. The molecule has 0 unspecified atom stereocenters. The lowest BCUT2D eigenvalue weighted by molar-refractivity contribution is 0.376. The van der Waals surface area contributed by atoms with E-state index in [1.54, 1.807) is 0 Å². The normalized spacial score (nSPS) is 9.55. The summed E-state index contributed by atoms with van der Waals surface area (Å²) in [6.45, 7) is 0.634. The maximum Gasteiger partial charge on any atom is 0.227 e. The van der Waals surface area contributed by atoms with E-state index in [2.05, 4.69) is 10.1 Å². The van der Waals surface area contributed by atoms with Crippen molar-refractivity contribution in [2.24, 2.45) is 5.73 Å². The maximum absolute atomic E-state index is 5.44. The Morgan fingerprint density at radius 1 is 1.15 bits per heavy atom. The van der Waals surface area contributed by atoms with Gasteiger partial charge in [-0.1, -0.05) is 5.16 Å². The molecule has 0 saturated heterocycles. The molecule has 1 aromatic carbocycles. The summed E-state index contributed by atoms with van der Waals surface area (Å²) in [5.41, 5.74) is 7.55. The van der Waals surface area contributed by atoms with Crippen molar-refractivity contribution in [2.45, 2.75) is 12.8 Å². The van der Waals surface area contributed by atoms with E-state index in [1.807, 2.05) is 43.3 Å². The molecule has 1 heterocycles. The second kappa shape index (κ2) is 8.79. The van der Waals surface area contributed by atoms with Crippen LogP contribution in [0.4, 0.5) is 5.69 Å². The summed E-state index contributed by atoms with van der Waals surface area (Å²) < 4.78 is 5.17. The molecule has 1 aromatic heterocycles. The first-order chi connectivity index (χ1) is 8.70. The van der Waals surface area contributed by atoms with Crippen molar-refractivity contribution in [2.75, 3.05) is 25.5 Å². The largest absolute Gasteiger partial charge is 0.378 e. The Kier molecular flexibility index (Phi) is 8.22. The van der Waals surface area contributed by atoms with Gasteiger partial charge in [-0.2, -0.15) is 4.98 Å². The minimum Gasteiger partial charge on any atom is -0.378 e. The molecular weight excluding hydrogens is 299 g/mol. The maximum atomic E-state index is 5.44. The van der Waals surface area contributed by atoms with E-state index >= 15 is 0 Å². The highest BCUT2D eigenvalue weighted by atomic mass is 35.5. The van der Waals surface area contributed by atoms with Gasteiger partial charge in [0.05, 0.1) is 0 Å². The number of nitrogens with two attached hydrogens (primary N) is 1. The van der Waals surface area contributed by atoms with Crippen LogP contribution in [0.25, 0.3) is 11.4 Å². The Hall–Kier alpha value is -1.30. The molecule has 0 fully saturated rings. The molecule has 0 radical (unpaired) electrons. The van der Waals surface area contributed by atoms with Gasteiger partial charge in [0.25, 0.3) is 0 Å². The smallest absolute Gasteiger partial charge is 0.227 e. The standard InChI is InChI=1S/C13H18N4O.2ClH/c1-17(2)11-7-5-10(6-8-11)13-15-12(18-16-13)4-3-9-14;;/h5-8H,3-4,9,14H2,1-2H3;2*1H. The summed E-state index contributed by atoms with van der Waals surface area (Å²) >= 11 is 0. The zero-order valence-corrected chi connectivity index (χ0v) is 13.2. The van der Waals surface area contributed by atoms with Gasteiger partial charge in [0.1, 0.15) is 0 Å². The number of hydrogen-bond donors (Lipinski definition) is 1. The molecule has 0 aliphatic heterocycles. The van der Waals surface area contributed by atoms with E-state index in [4.69, 9.17) is 10.3 Å². The second-order valence-electron chi connectivity index (χ2n) is 4.35. The molecular formula is C13H20Cl2N4O. The summed E-state index contributed by atoms with van der Waals surface area (Å²) in [6.07, 6.45) is 1.60. The summed E-state index contributed by atoms with van der Waals surface area (Å²) in [7, 11) is 4.02. The van der Waals surface area contributed by atoms with Crippen molar-refractivity contribution in [3.05, 3.63) is 30.2 Å². The number of nitrogens with zero attached hydrogens (tertiary/aromatic N) is 3. The molecule has 0 aliphatic rings. The van der Waals surface area contributed by atoms with Crippen LogP contribution in [0.1, 0.15) is 12.3 Å². The number of aryl methyl sites for hydroxylation is 1. The first kappa shape index (κ1) is 18.7. The Bertz CT molecular complexity index is 499. The molecule has 5 nitrogen and oxygen atoms in total. The molecule has 2 aromatic rings. The Morgan fingerprint density at radius 3 is 2.35 bits per heavy atom. The van der Waals surface area contributed by atoms with E-state index in [1.165, 1.54) is 0 Å². The third kappa shape index (κ3) is 4.67. The highest BCUT2D eigenvalue weighted by molar-refractivity contribution is 5.85. The minimum atomic E-state index is 0. The molecule has 0 saturated carbocycles. The van der Waals surface area contributed by atoms with E-state index in [0.29, 0.717) is 18.3 Å². The predicted molar refractivity (Wildman–Crippen MR) is 85.9 cm³/mol. The fraction of sp³-hybridized carbons (Fsp3) is 0.385. The van der Waals surface area contributed by atoms with Gasteiger partial charge >= 0.3 is 0 Å². The van der Waals surface area contributed by atoms with Crippen LogP contribution >= 0.6 is 24.8 Å². The zero-order chi connectivity index (χ0) is 13.0. The van der Waals surface area contributed by atoms with Crippen LogP contribution in [0, 0.1) is 0 Å². The molecule has 7 heteroatoms. The molecule has 0 amide bonds. The van der Waals surface area contributed by atoms with Crippen LogP contribution in [0.2, 0.25) is 0 Å². The number of aromatic nitrogens is 2. The predicted octanol–water partition coefficient (Wildman–Crippen LogP) is 2.54. The van der Waals surface area contributed by atoms with Crippen LogP contribution < -0.4 is 10.6 Å². The van der Waals surface area contributed by atoms with Crippen LogP contribution in [0.3, 0.4) is 0 Å². The molecule has 112 valence electrons. The van der Waals surface area contributed by atoms with Crippen molar-refractivity contribution < 1.29 is 4.52 Å². The van der Waals surface area contributed by atoms with Gasteiger partial charge < -0.3 is 15.2 Å². The fourth-order valence-corrected chi connectivity index (χ4v) is 1.64. The third-order valence-corrected chi connectivity index (χ3v) is 2.70. The van der Waals surface area contributed by atoms with Gasteiger partial charge in [0.2, 0.25) is 11.7 Å². The first-order valence-electron chi connectivity index (χ1n) is 6.01. The van der Waals surface area contributed by atoms with Crippen LogP contribution in [0.5, 0.6) is 0 Å². The summed E-state index contributed by atoms with van der Waals surface area (Å²) in [5, 5.41) is 3.97. The van der Waals surface area contributed by atoms with Gasteiger partial charge in [-0.25, -0.2) is 0 Å². The highest BCUT2D eigenvalue weighted by Gasteiger charge is 2.08. The lowest BCUT2D eigenvalue weighted by Crippen LogP contribution is -2.07. The minimum absolute atomic E-state index is 0. The summed E-state index contributed by atoms with van der Waals surface area (Å²) in [5.74, 6) is 1.28. The highest BCUT2D eigenvalue weighted by Crippen LogP contribution is 2.20. The fourth-order valence-electron chi connectivity index (χ4n) is 1.64. The van der Waals surface area contributed by atoms with E-state index in [0.717, 1.165) is 24.1 Å². The molecule has 0 bridgehead atoms. The average Bonchev–Trinajstić information content (AvgIpc) is 2.85. The van der Waals surface area contributed by atoms with E-state index < -0.39 is 0 Å². The molecule has 0 atom stereocenters. The Balaban J connectivity index is 0.00000180. The van der Waals surface area contributed by atoms with Gasteiger partial charge in [-0.15, -0.1) is 24.8 Å². The van der Waals surface area contributed by atoms with Gasteiger partial charge in [-0.05, 0) is 37.2 Å². The van der Waals surface area contributed by atoms with E-state index in [9.17, 15) is 0 Å². The molecule has 0 aliphatic carbocycles. The first-order valence-corrected chi connectivity index (χ1v) is 6.01. The number of benzene rings is 1. The number of hydrogen-bond acceptors (Lipinski definition) is 5. The van der Waals surface area contributed by atoms with Crippen LogP contribution in [-0.4, -0.2) is 30.8 Å². The molecule has 2 rings (SSSR count). The zero-order valence-electron chi connectivity index (χ0n) is 11.6. The van der Waals surface area contributed by atoms with Crippen molar-refractivity contribution in [3.8, 4) is 11.4 Å². The van der Waals surface area contributed by atoms with Crippen molar-refractivity contribution in [3.63, 3.8) is 0 Å². The van der Waals surface area contributed by atoms with Crippen molar-refractivity contribution in [1.29, 1.82) is 0 Å². The monoisotopic (exact) mass is 318 g/mol. The summed E-state index contributed by atoms with van der Waals surface area (Å²) in [6, 6.07) is 8.05. The quantitative estimate of drug-likeness (QED) is 0.917. The Labute approximate surface area is 131 Å². The van der Waals surface area contributed by atoms with Crippen molar-refractivity contribution in [1.82, 2.24) is 10.1 Å². The molecule has 0 spiro atoms. The topological polar surface area (TPSA) is 68.2 Å². The lowest BCUT2D eigenvalue weighted by Gasteiger charge is -2.11. The average molecular weight is 319 g/mol. The van der Waals surface area contributed by atoms with Gasteiger partial charge in [-0.3, -0.25) is 0 Å². The molecule has 20 heavy (non-hydrogen) atoms. The summed E-state index contributed by atoms with van der Waals surface area (Å²) in [4.78, 5) is 6.39. The molecule has 2 N–H and O–H groups in total. The van der Waals surface area contributed by atoms with E-state index in [-0.39, 0.29) is 24.8 Å². The number of halogens is 2. The second-order valence-corrected chi connectivity index (χ2v) is 4.35. The Morgan fingerprint density at radius 2 is 1.80 bits per heavy atom. The van der Waals surface area contributed by atoms with Crippen molar-refractivity contribution >= 4 is 30.5 Å². The van der Waals surface area contributed by atoms with Gasteiger partial charge in [0.15, 0.2) is 0 Å². The van der Waals surface area contributed by atoms with Crippen LogP contribution in [-0.2, 0) is 6.42 Å². The van der Waals surface area contributed by atoms with Crippen LogP contribution in [0.15, 0.2) is 28.8 Å².